The summed E-state index contributed by atoms with van der Waals surface area (Å²) >= 11 is 0. The van der Waals surface area contributed by atoms with Gasteiger partial charge in [-0.2, -0.15) is 4.31 Å². The van der Waals surface area contributed by atoms with Gasteiger partial charge in [0.25, 0.3) is 15.9 Å². The van der Waals surface area contributed by atoms with Crippen molar-refractivity contribution in [3.63, 3.8) is 0 Å². The number of rotatable bonds is 6. The first-order valence-corrected chi connectivity index (χ1v) is 12.2. The van der Waals surface area contributed by atoms with Crippen molar-refractivity contribution in [3.05, 3.63) is 101 Å². The van der Waals surface area contributed by atoms with E-state index in [2.05, 4.69) is 0 Å². The Morgan fingerprint density at radius 2 is 1.63 bits per heavy atom. The summed E-state index contributed by atoms with van der Waals surface area (Å²) in [6, 6.07) is 19.7. The maximum Gasteiger partial charge on any atom is 0.342 e. The predicted octanol–water partition coefficient (Wildman–Crippen LogP) is 5.27. The fourth-order valence-corrected chi connectivity index (χ4v) is 5.07. The molecule has 7 nitrogen and oxygen atoms in total. The Kier molecular flexibility index (Phi) is 6.57. The first kappa shape index (κ1) is 24.0. The average molecular weight is 490 g/mol. The van der Waals surface area contributed by atoms with E-state index in [9.17, 15) is 18.0 Å². The molecule has 4 rings (SSSR count). The Bertz CT molecular complexity index is 1530. The summed E-state index contributed by atoms with van der Waals surface area (Å²) in [5.41, 5.74) is 2.22. The zero-order valence-corrected chi connectivity index (χ0v) is 20.2. The van der Waals surface area contributed by atoms with Crippen LogP contribution in [0.15, 0.2) is 88.2 Å². The molecule has 0 radical (unpaired) electrons. The Labute approximate surface area is 203 Å². The minimum atomic E-state index is -4.29. The quantitative estimate of drug-likeness (QED) is 0.270. The molecular formula is C27H23NO6S. The molecule has 0 saturated carbocycles. The van der Waals surface area contributed by atoms with Crippen molar-refractivity contribution in [2.24, 2.45) is 0 Å². The lowest BCUT2D eigenvalue weighted by molar-refractivity contribution is -0.113. The van der Waals surface area contributed by atoms with Gasteiger partial charge in [0, 0.05) is 11.5 Å². The Morgan fingerprint density at radius 1 is 0.943 bits per heavy atom. The number of anilines is 1. The molecule has 3 aromatic carbocycles. The van der Waals surface area contributed by atoms with Crippen molar-refractivity contribution >= 4 is 44.6 Å². The monoisotopic (exact) mass is 489 g/mol. The summed E-state index contributed by atoms with van der Waals surface area (Å²) in [7, 11) is -3.04. The fraction of sp³-hybridized carbons (Fsp3) is 0.111. The van der Waals surface area contributed by atoms with Crippen molar-refractivity contribution in [1.29, 1.82) is 0 Å². The van der Waals surface area contributed by atoms with Gasteiger partial charge in [-0.05, 0) is 55.8 Å². The van der Waals surface area contributed by atoms with Crippen LogP contribution in [0.1, 0.15) is 27.2 Å². The van der Waals surface area contributed by atoms with Crippen LogP contribution >= 0.6 is 0 Å². The van der Waals surface area contributed by atoms with Gasteiger partial charge >= 0.3 is 5.97 Å². The molecule has 1 heterocycles. The molecule has 178 valence electrons. The number of esters is 1. The van der Waals surface area contributed by atoms with Gasteiger partial charge in [-0.3, -0.25) is 4.79 Å². The molecule has 0 aliphatic rings. The average Bonchev–Trinajstić information content (AvgIpc) is 3.18. The molecule has 1 aromatic heterocycles. The third-order valence-corrected chi connectivity index (χ3v) is 7.19. The largest absolute Gasteiger partial charge is 0.465 e. The van der Waals surface area contributed by atoms with E-state index in [1.54, 1.807) is 37.3 Å². The summed E-state index contributed by atoms with van der Waals surface area (Å²) < 4.78 is 38.6. The second kappa shape index (κ2) is 9.60. The van der Waals surface area contributed by atoms with Crippen LogP contribution in [0.5, 0.6) is 0 Å². The number of sulfonamides is 1. The van der Waals surface area contributed by atoms with Crippen molar-refractivity contribution in [2.45, 2.75) is 18.7 Å². The number of methoxy groups -OCH3 is 1. The standard InChI is InChI=1S/C27H23NO6S/c1-18-9-13-22(14-10-18)35(31,32)28(25(29)16-11-20-7-5-4-6-8-20)21-12-15-24-23(17-21)26(19(2)34-24)27(30)33-3/h4-17H,1-3H3. The Hall–Kier alpha value is -4.17. The minimum absolute atomic E-state index is 0.0405. The van der Waals surface area contributed by atoms with Gasteiger partial charge < -0.3 is 9.15 Å². The molecule has 0 saturated heterocycles. The van der Waals surface area contributed by atoms with Gasteiger partial charge in [-0.25, -0.2) is 13.2 Å². The summed E-state index contributed by atoms with van der Waals surface area (Å²) in [6.07, 6.45) is 2.74. The van der Waals surface area contributed by atoms with E-state index in [1.165, 1.54) is 43.5 Å². The van der Waals surface area contributed by atoms with Crippen LogP contribution in [-0.2, 0) is 19.6 Å². The van der Waals surface area contributed by atoms with E-state index >= 15 is 0 Å². The molecule has 4 aromatic rings. The molecule has 0 atom stereocenters. The molecule has 0 aliphatic heterocycles. The number of nitrogens with zero attached hydrogens (tertiary/aromatic N) is 1. The number of carbonyl (C=O) groups is 2. The van der Waals surface area contributed by atoms with Crippen LogP contribution in [0.2, 0.25) is 0 Å². The van der Waals surface area contributed by atoms with E-state index in [0.29, 0.717) is 16.7 Å². The zero-order chi connectivity index (χ0) is 25.2. The van der Waals surface area contributed by atoms with Crippen LogP contribution < -0.4 is 4.31 Å². The Balaban J connectivity index is 1.88. The number of aryl methyl sites for hydroxylation is 2. The maximum atomic E-state index is 13.7. The number of fused-ring (bicyclic) bond motifs is 1. The first-order valence-electron chi connectivity index (χ1n) is 10.7. The van der Waals surface area contributed by atoms with Crippen molar-refractivity contribution in [3.8, 4) is 0 Å². The highest BCUT2D eigenvalue weighted by Crippen LogP contribution is 2.32. The third kappa shape index (κ3) is 4.74. The summed E-state index contributed by atoms with van der Waals surface area (Å²) in [6.45, 7) is 3.45. The topological polar surface area (TPSA) is 93.9 Å². The predicted molar refractivity (Wildman–Crippen MR) is 134 cm³/mol. The van der Waals surface area contributed by atoms with Crippen LogP contribution in [-0.4, -0.2) is 27.4 Å². The number of hydrogen-bond donors (Lipinski definition) is 0. The highest BCUT2D eigenvalue weighted by molar-refractivity contribution is 7.93. The molecule has 35 heavy (non-hydrogen) atoms. The molecule has 0 fully saturated rings. The van der Waals surface area contributed by atoms with Crippen molar-refractivity contribution in [2.75, 3.05) is 11.4 Å². The molecule has 0 spiro atoms. The summed E-state index contributed by atoms with van der Waals surface area (Å²) in [4.78, 5) is 25.7. The minimum Gasteiger partial charge on any atom is -0.465 e. The Morgan fingerprint density at radius 3 is 2.29 bits per heavy atom. The van der Waals surface area contributed by atoms with E-state index in [4.69, 9.17) is 9.15 Å². The number of ether oxygens (including phenoxy) is 1. The van der Waals surface area contributed by atoms with Crippen LogP contribution in [0.3, 0.4) is 0 Å². The number of hydrogen-bond acceptors (Lipinski definition) is 6. The molecule has 0 bridgehead atoms. The number of furan rings is 1. The van der Waals surface area contributed by atoms with E-state index in [0.717, 1.165) is 15.4 Å². The molecular weight excluding hydrogens is 466 g/mol. The lowest BCUT2D eigenvalue weighted by Crippen LogP contribution is -2.35. The van der Waals surface area contributed by atoms with Gasteiger partial charge in [-0.1, -0.05) is 48.0 Å². The van der Waals surface area contributed by atoms with Crippen LogP contribution in [0, 0.1) is 13.8 Å². The van der Waals surface area contributed by atoms with Gasteiger partial charge in [0.05, 0.1) is 17.7 Å². The molecule has 1 amide bonds. The highest BCUT2D eigenvalue weighted by Gasteiger charge is 2.31. The molecule has 0 aliphatic carbocycles. The van der Waals surface area contributed by atoms with Gasteiger partial charge in [0.1, 0.15) is 16.9 Å². The zero-order valence-electron chi connectivity index (χ0n) is 19.4. The number of carbonyl (C=O) groups excluding carboxylic acids is 2. The number of amides is 1. The van der Waals surface area contributed by atoms with E-state index in [1.807, 2.05) is 25.1 Å². The van der Waals surface area contributed by atoms with Crippen LogP contribution in [0.25, 0.3) is 17.0 Å². The molecule has 0 unspecified atom stereocenters. The molecule has 8 heteroatoms. The summed E-state index contributed by atoms with van der Waals surface area (Å²) in [5, 5.41) is 0.343. The second-order valence-electron chi connectivity index (χ2n) is 7.87. The van der Waals surface area contributed by atoms with E-state index in [-0.39, 0.29) is 16.1 Å². The van der Waals surface area contributed by atoms with Crippen LogP contribution in [0.4, 0.5) is 5.69 Å². The fourth-order valence-electron chi connectivity index (χ4n) is 3.69. The summed E-state index contributed by atoms with van der Waals surface area (Å²) in [5.74, 6) is -1.07. The van der Waals surface area contributed by atoms with Gasteiger partial charge in [0.2, 0.25) is 0 Å². The number of benzene rings is 3. The molecule has 0 N–H and O–H groups in total. The first-order chi connectivity index (χ1) is 16.7. The van der Waals surface area contributed by atoms with Gasteiger partial charge in [0.15, 0.2) is 0 Å². The third-order valence-electron chi connectivity index (χ3n) is 5.45. The van der Waals surface area contributed by atoms with Crippen molar-refractivity contribution < 1.29 is 27.2 Å². The lowest BCUT2D eigenvalue weighted by Gasteiger charge is -2.21. The normalized spacial score (nSPS) is 11.6. The SMILES string of the molecule is COC(=O)c1c(C)oc2ccc(N(C(=O)C=Cc3ccccc3)S(=O)(=O)c3ccc(C)cc3)cc12. The highest BCUT2D eigenvalue weighted by atomic mass is 32.2. The smallest absolute Gasteiger partial charge is 0.342 e. The lowest BCUT2D eigenvalue weighted by atomic mass is 10.1. The van der Waals surface area contributed by atoms with Crippen molar-refractivity contribution in [1.82, 2.24) is 0 Å². The second-order valence-corrected chi connectivity index (χ2v) is 9.66. The van der Waals surface area contributed by atoms with Gasteiger partial charge in [-0.15, -0.1) is 0 Å². The van der Waals surface area contributed by atoms with E-state index < -0.39 is 21.9 Å². The maximum absolute atomic E-state index is 13.7.